The second kappa shape index (κ2) is 5.41. The SMILES string of the molecule is CSCCC([NH])CO. The average molecular weight is 134 g/mol. The summed E-state index contributed by atoms with van der Waals surface area (Å²) in [6, 6.07) is -0.262. The first-order chi connectivity index (χ1) is 3.81. The third-order valence-corrected chi connectivity index (χ3v) is 1.53. The van der Waals surface area contributed by atoms with Crippen molar-refractivity contribution in [2.75, 3.05) is 18.6 Å². The Balaban J connectivity index is 2.86. The van der Waals surface area contributed by atoms with E-state index in [1.165, 1.54) is 0 Å². The summed E-state index contributed by atoms with van der Waals surface area (Å²) in [4.78, 5) is 0. The minimum Gasteiger partial charge on any atom is -0.395 e. The molecule has 49 valence electrons. The van der Waals surface area contributed by atoms with Crippen molar-refractivity contribution in [2.45, 2.75) is 12.5 Å². The summed E-state index contributed by atoms with van der Waals surface area (Å²) in [7, 11) is 0. The van der Waals surface area contributed by atoms with Crippen molar-refractivity contribution in [3.63, 3.8) is 0 Å². The lowest BCUT2D eigenvalue weighted by Gasteiger charge is -2.02. The Bertz CT molecular complexity index is 51.7. The molecule has 0 spiro atoms. The molecular formula is C5H12NOS. The summed E-state index contributed by atoms with van der Waals surface area (Å²) >= 11 is 1.71. The summed E-state index contributed by atoms with van der Waals surface area (Å²) in [6.07, 6.45) is 2.81. The molecule has 3 heteroatoms. The van der Waals surface area contributed by atoms with E-state index in [1.54, 1.807) is 11.8 Å². The molecule has 0 saturated carbocycles. The molecule has 8 heavy (non-hydrogen) atoms. The molecule has 0 aromatic heterocycles. The molecule has 1 unspecified atom stereocenters. The maximum Gasteiger partial charge on any atom is 0.0598 e. The van der Waals surface area contributed by atoms with Gasteiger partial charge in [0.05, 0.1) is 6.61 Å². The normalized spacial score (nSPS) is 13.9. The van der Waals surface area contributed by atoms with Gasteiger partial charge in [0.1, 0.15) is 0 Å². The number of nitrogens with one attached hydrogen (secondary N) is 1. The standard InChI is InChI=1S/C5H12NOS/c1-8-3-2-5(6)4-7/h5-7H,2-4H2,1H3. The number of hydrogen-bond donors (Lipinski definition) is 1. The zero-order valence-electron chi connectivity index (χ0n) is 5.05. The molecule has 0 heterocycles. The van der Waals surface area contributed by atoms with E-state index in [1.807, 2.05) is 6.26 Å². The largest absolute Gasteiger partial charge is 0.395 e. The van der Waals surface area contributed by atoms with Gasteiger partial charge in [-0.3, -0.25) is 5.73 Å². The lowest BCUT2D eigenvalue weighted by Crippen LogP contribution is -2.14. The molecule has 1 atom stereocenters. The minimum absolute atomic E-state index is 0.000556. The number of rotatable bonds is 4. The molecule has 0 fully saturated rings. The van der Waals surface area contributed by atoms with Crippen molar-refractivity contribution in [3.05, 3.63) is 0 Å². The van der Waals surface area contributed by atoms with Crippen molar-refractivity contribution in [1.29, 1.82) is 0 Å². The highest BCUT2D eigenvalue weighted by Crippen LogP contribution is 1.97. The smallest absolute Gasteiger partial charge is 0.0598 e. The van der Waals surface area contributed by atoms with Crippen LogP contribution in [0.15, 0.2) is 0 Å². The van der Waals surface area contributed by atoms with Crippen LogP contribution in [0.4, 0.5) is 0 Å². The molecular weight excluding hydrogens is 122 g/mol. The van der Waals surface area contributed by atoms with Crippen LogP contribution in [0, 0.1) is 0 Å². The van der Waals surface area contributed by atoms with Gasteiger partial charge >= 0.3 is 0 Å². The van der Waals surface area contributed by atoms with Crippen LogP contribution in [-0.4, -0.2) is 29.8 Å². The molecule has 0 amide bonds. The van der Waals surface area contributed by atoms with E-state index >= 15 is 0 Å². The number of aliphatic hydroxyl groups excluding tert-OH is 1. The van der Waals surface area contributed by atoms with Crippen molar-refractivity contribution >= 4 is 11.8 Å². The van der Waals surface area contributed by atoms with E-state index in [-0.39, 0.29) is 12.6 Å². The lowest BCUT2D eigenvalue weighted by atomic mass is 10.3. The first kappa shape index (κ1) is 8.27. The molecule has 0 bridgehead atoms. The maximum atomic E-state index is 8.36. The Kier molecular flexibility index (Phi) is 5.59. The molecule has 0 aliphatic heterocycles. The van der Waals surface area contributed by atoms with Gasteiger partial charge in [0.2, 0.25) is 0 Å². The van der Waals surface area contributed by atoms with Crippen molar-refractivity contribution < 1.29 is 5.11 Å². The second-order valence-corrected chi connectivity index (χ2v) is 2.65. The van der Waals surface area contributed by atoms with Crippen LogP contribution in [0.3, 0.4) is 0 Å². The van der Waals surface area contributed by atoms with Crippen molar-refractivity contribution in [3.8, 4) is 0 Å². The van der Waals surface area contributed by atoms with Crippen LogP contribution in [0.1, 0.15) is 6.42 Å². The van der Waals surface area contributed by atoms with Crippen LogP contribution in [0.5, 0.6) is 0 Å². The van der Waals surface area contributed by atoms with E-state index in [9.17, 15) is 0 Å². The summed E-state index contributed by atoms with van der Waals surface area (Å²) in [5.41, 5.74) is 7.06. The Morgan fingerprint density at radius 1 is 1.75 bits per heavy atom. The first-order valence-corrected chi connectivity index (χ1v) is 4.01. The Labute approximate surface area is 54.5 Å². The van der Waals surface area contributed by atoms with E-state index < -0.39 is 0 Å². The highest BCUT2D eigenvalue weighted by Gasteiger charge is 1.97. The third kappa shape index (κ3) is 4.43. The van der Waals surface area contributed by atoms with Gasteiger partial charge in [-0.2, -0.15) is 11.8 Å². The fourth-order valence-corrected chi connectivity index (χ4v) is 0.872. The predicted molar refractivity (Wildman–Crippen MR) is 37.0 cm³/mol. The predicted octanol–water partition coefficient (Wildman–Crippen LogP) is 0.383. The molecule has 0 rings (SSSR count). The summed E-state index contributed by atoms with van der Waals surface area (Å²) in [5, 5.41) is 8.36. The van der Waals surface area contributed by atoms with Gasteiger partial charge in [0, 0.05) is 6.04 Å². The highest BCUT2D eigenvalue weighted by atomic mass is 32.2. The fraction of sp³-hybridized carbons (Fsp3) is 1.00. The van der Waals surface area contributed by atoms with Crippen LogP contribution >= 0.6 is 11.8 Å². The zero-order valence-corrected chi connectivity index (χ0v) is 5.87. The molecule has 0 aliphatic carbocycles. The average Bonchev–Trinajstić information content (AvgIpc) is 1.83. The number of hydrogen-bond acceptors (Lipinski definition) is 2. The molecule has 2 nitrogen and oxygen atoms in total. The second-order valence-electron chi connectivity index (χ2n) is 1.66. The Hall–Kier alpha value is 0.270. The van der Waals surface area contributed by atoms with Crippen LogP contribution in [0.25, 0.3) is 0 Å². The van der Waals surface area contributed by atoms with Gasteiger partial charge < -0.3 is 5.11 Å². The van der Waals surface area contributed by atoms with Crippen LogP contribution in [0.2, 0.25) is 0 Å². The van der Waals surface area contributed by atoms with Crippen molar-refractivity contribution in [2.24, 2.45) is 0 Å². The first-order valence-electron chi connectivity index (χ1n) is 2.62. The topological polar surface area (TPSA) is 44.0 Å². The Morgan fingerprint density at radius 2 is 2.38 bits per heavy atom. The van der Waals surface area contributed by atoms with E-state index in [2.05, 4.69) is 0 Å². The quantitative estimate of drug-likeness (QED) is 0.604. The molecule has 0 aromatic carbocycles. The van der Waals surface area contributed by atoms with Gasteiger partial charge in [0.15, 0.2) is 0 Å². The summed E-state index contributed by atoms with van der Waals surface area (Å²) in [6.45, 7) is 0.000556. The Morgan fingerprint density at radius 3 is 2.75 bits per heavy atom. The molecule has 0 aliphatic rings. The van der Waals surface area contributed by atoms with Crippen LogP contribution in [-0.2, 0) is 0 Å². The molecule has 1 radical (unpaired) electrons. The molecule has 2 N–H and O–H groups in total. The summed E-state index contributed by atoms with van der Waals surface area (Å²) < 4.78 is 0. The van der Waals surface area contributed by atoms with Gasteiger partial charge in [-0.15, -0.1) is 0 Å². The highest BCUT2D eigenvalue weighted by molar-refractivity contribution is 7.98. The molecule has 0 saturated heterocycles. The van der Waals surface area contributed by atoms with Gasteiger partial charge in [-0.1, -0.05) is 0 Å². The minimum atomic E-state index is -0.262. The number of aliphatic hydroxyl groups is 1. The van der Waals surface area contributed by atoms with E-state index in [0.717, 1.165) is 12.2 Å². The molecule has 0 aromatic rings. The zero-order chi connectivity index (χ0) is 6.41. The summed E-state index contributed by atoms with van der Waals surface area (Å²) in [5.74, 6) is 0.981. The van der Waals surface area contributed by atoms with Gasteiger partial charge in [0.25, 0.3) is 0 Å². The number of thioether (sulfide) groups is 1. The maximum absolute atomic E-state index is 8.36. The fourth-order valence-electron chi connectivity index (χ4n) is 0.351. The van der Waals surface area contributed by atoms with E-state index in [4.69, 9.17) is 10.8 Å². The monoisotopic (exact) mass is 134 g/mol. The lowest BCUT2D eigenvalue weighted by molar-refractivity contribution is 0.260. The third-order valence-electron chi connectivity index (χ3n) is 0.891. The van der Waals surface area contributed by atoms with E-state index in [0.29, 0.717) is 0 Å². The van der Waals surface area contributed by atoms with Crippen LogP contribution < -0.4 is 5.73 Å². The van der Waals surface area contributed by atoms with Gasteiger partial charge in [-0.25, -0.2) is 0 Å². The van der Waals surface area contributed by atoms with Gasteiger partial charge in [-0.05, 0) is 18.4 Å². The van der Waals surface area contributed by atoms with Crippen molar-refractivity contribution in [1.82, 2.24) is 5.73 Å².